The van der Waals surface area contributed by atoms with Crippen LogP contribution in [0.1, 0.15) is 60.1 Å². The molecule has 0 aliphatic carbocycles. The summed E-state index contributed by atoms with van der Waals surface area (Å²) in [6.45, 7) is 1.80. The molecule has 4 N–H and O–H groups in total. The van der Waals surface area contributed by atoms with Gasteiger partial charge >= 0.3 is 0 Å². The highest BCUT2D eigenvalue weighted by atomic mass is 19.1. The van der Waals surface area contributed by atoms with Gasteiger partial charge in [0.15, 0.2) is 12.0 Å². The first-order chi connectivity index (χ1) is 15.6. The molecule has 0 spiro atoms. The lowest BCUT2D eigenvalue weighted by molar-refractivity contribution is -0.0724. The van der Waals surface area contributed by atoms with Crippen molar-refractivity contribution in [1.29, 1.82) is 0 Å². The van der Waals surface area contributed by atoms with E-state index in [1.54, 1.807) is 11.8 Å². The summed E-state index contributed by atoms with van der Waals surface area (Å²) in [5, 5.41) is 34.7. The van der Waals surface area contributed by atoms with Crippen LogP contribution < -0.4 is 10.7 Å². The van der Waals surface area contributed by atoms with Crippen molar-refractivity contribution in [3.8, 4) is 5.75 Å². The first-order valence-electron chi connectivity index (χ1n) is 10.6. The predicted molar refractivity (Wildman–Crippen MR) is 110 cm³/mol. The Bertz CT molecular complexity index is 1150. The number of carbonyl (C=O) groups excluding carboxylic acids is 1. The maximum absolute atomic E-state index is 13.9. The fourth-order valence-corrected chi connectivity index (χ4v) is 4.71. The zero-order chi connectivity index (χ0) is 24.1. The Hall–Kier alpha value is -2.89. The number of nitrogens with one attached hydrogen (secondary N) is 1. The molecule has 0 saturated carbocycles. The molecule has 4 rings (SSSR count). The Morgan fingerprint density at radius 1 is 1.27 bits per heavy atom. The molecular formula is C22H24F3N3O5. The molecule has 33 heavy (non-hydrogen) atoms. The number of halogens is 3. The van der Waals surface area contributed by atoms with E-state index in [1.165, 1.54) is 4.57 Å². The summed E-state index contributed by atoms with van der Waals surface area (Å²) in [7, 11) is 0. The van der Waals surface area contributed by atoms with Gasteiger partial charge in [-0.2, -0.15) is 0 Å². The largest absolute Gasteiger partial charge is 0.503 e. The van der Waals surface area contributed by atoms with Crippen LogP contribution in [0.3, 0.4) is 0 Å². The molecule has 2 aliphatic rings. The van der Waals surface area contributed by atoms with Crippen molar-refractivity contribution in [2.45, 2.75) is 50.6 Å². The molecule has 2 bridgehead atoms. The second-order valence-corrected chi connectivity index (χ2v) is 8.49. The second kappa shape index (κ2) is 8.47. The molecule has 1 amide bonds. The smallest absolute Gasteiger partial charge is 0.257 e. The van der Waals surface area contributed by atoms with Gasteiger partial charge < -0.3 is 25.2 Å². The molecule has 3 heterocycles. The molecule has 1 saturated heterocycles. The van der Waals surface area contributed by atoms with Gasteiger partial charge in [-0.1, -0.05) is 6.92 Å². The standard InChI is InChI=1S/C22H24F3N3O5/c1-2-22(33)4-3-5-27-10-16(22)28-9-13(18(29)19(30)17(28)21(27)32)20(31)26-8-12-14(24)6-11(23)7-15(12)25/h6-7,9,16,21,30,32-33H,2-5,8,10H2,1H3,(H,26,31). The van der Waals surface area contributed by atoms with Crippen molar-refractivity contribution < 1.29 is 33.3 Å². The fourth-order valence-electron chi connectivity index (χ4n) is 4.71. The van der Waals surface area contributed by atoms with Gasteiger partial charge in [0.1, 0.15) is 28.7 Å². The van der Waals surface area contributed by atoms with E-state index in [1.807, 2.05) is 0 Å². The average molecular weight is 467 g/mol. The number of aliphatic hydroxyl groups is 2. The molecule has 4 unspecified atom stereocenters. The zero-order valence-corrected chi connectivity index (χ0v) is 17.8. The van der Waals surface area contributed by atoms with Gasteiger partial charge in [-0.15, -0.1) is 0 Å². The van der Waals surface area contributed by atoms with Crippen LogP contribution in [0.2, 0.25) is 0 Å². The van der Waals surface area contributed by atoms with Crippen LogP contribution in [-0.2, 0) is 6.54 Å². The number of benzene rings is 1. The lowest BCUT2D eigenvalue weighted by atomic mass is 9.86. The molecule has 4 atom stereocenters. The van der Waals surface area contributed by atoms with Gasteiger partial charge in [0, 0.05) is 43.5 Å². The van der Waals surface area contributed by atoms with Crippen molar-refractivity contribution in [1.82, 2.24) is 14.8 Å². The Balaban J connectivity index is 1.72. The highest BCUT2D eigenvalue weighted by Gasteiger charge is 2.46. The molecule has 1 aromatic heterocycles. The number of rotatable bonds is 4. The van der Waals surface area contributed by atoms with Gasteiger partial charge in [-0.25, -0.2) is 13.2 Å². The molecule has 8 nitrogen and oxygen atoms in total. The number of hydrogen-bond donors (Lipinski definition) is 4. The molecule has 11 heteroatoms. The maximum Gasteiger partial charge on any atom is 0.257 e. The Kier molecular flexibility index (Phi) is 5.97. The molecular weight excluding hydrogens is 443 g/mol. The van der Waals surface area contributed by atoms with Crippen molar-refractivity contribution in [2.24, 2.45) is 0 Å². The van der Waals surface area contributed by atoms with E-state index in [4.69, 9.17) is 0 Å². The highest BCUT2D eigenvalue weighted by Crippen LogP contribution is 2.43. The first kappa shape index (κ1) is 23.3. The summed E-state index contributed by atoms with van der Waals surface area (Å²) in [5.74, 6) is -5.39. The van der Waals surface area contributed by atoms with Crippen molar-refractivity contribution in [3.05, 3.63) is 62.8 Å². The van der Waals surface area contributed by atoms with Crippen LogP contribution in [0.5, 0.6) is 5.75 Å². The van der Waals surface area contributed by atoms with E-state index in [2.05, 4.69) is 5.32 Å². The first-order valence-corrected chi connectivity index (χ1v) is 10.6. The quantitative estimate of drug-likeness (QED) is 0.544. The Morgan fingerprint density at radius 2 is 1.94 bits per heavy atom. The van der Waals surface area contributed by atoms with Crippen LogP contribution >= 0.6 is 0 Å². The van der Waals surface area contributed by atoms with Crippen LogP contribution in [-0.4, -0.2) is 49.4 Å². The zero-order valence-electron chi connectivity index (χ0n) is 17.8. The van der Waals surface area contributed by atoms with Crippen LogP contribution in [0.4, 0.5) is 13.2 Å². The number of aromatic hydroxyl groups is 1. The summed E-state index contributed by atoms with van der Waals surface area (Å²) in [6, 6.07) is 0.276. The summed E-state index contributed by atoms with van der Waals surface area (Å²) in [4.78, 5) is 27.1. The Labute approximate surface area is 186 Å². The van der Waals surface area contributed by atoms with Crippen molar-refractivity contribution in [3.63, 3.8) is 0 Å². The van der Waals surface area contributed by atoms with Gasteiger partial charge in [0.2, 0.25) is 5.43 Å². The van der Waals surface area contributed by atoms with E-state index in [-0.39, 0.29) is 12.2 Å². The van der Waals surface area contributed by atoms with E-state index in [9.17, 15) is 38.1 Å². The monoisotopic (exact) mass is 467 g/mol. The molecule has 178 valence electrons. The van der Waals surface area contributed by atoms with E-state index in [0.717, 1.165) is 6.20 Å². The fraction of sp³-hybridized carbons (Fsp3) is 0.455. The van der Waals surface area contributed by atoms with Gasteiger partial charge in [-0.05, 0) is 19.3 Å². The SMILES string of the molecule is CCC1(O)CCCN2CC1n1cc(C(=O)NCc3c(F)cc(F)cc3F)c(=O)c(O)c1C2O. The average Bonchev–Trinajstić information content (AvgIpc) is 2.91. The van der Waals surface area contributed by atoms with Crippen LogP contribution in [0.15, 0.2) is 23.1 Å². The van der Waals surface area contributed by atoms with Crippen molar-refractivity contribution >= 4 is 5.91 Å². The number of amides is 1. The number of pyridine rings is 1. The third kappa shape index (κ3) is 3.90. The molecule has 1 aromatic carbocycles. The summed E-state index contributed by atoms with van der Waals surface area (Å²) in [6.07, 6.45) is 1.18. The molecule has 2 aromatic rings. The number of carbonyl (C=O) groups is 1. The number of hydrogen-bond acceptors (Lipinski definition) is 6. The third-order valence-corrected chi connectivity index (χ3v) is 6.65. The minimum atomic E-state index is -1.31. The molecule has 1 fully saturated rings. The normalized spacial score (nSPS) is 26.4. The highest BCUT2D eigenvalue weighted by molar-refractivity contribution is 5.94. The van der Waals surface area contributed by atoms with Gasteiger partial charge in [-0.3, -0.25) is 14.5 Å². The van der Waals surface area contributed by atoms with E-state index < -0.39 is 70.1 Å². The van der Waals surface area contributed by atoms with E-state index >= 15 is 0 Å². The Morgan fingerprint density at radius 3 is 2.58 bits per heavy atom. The number of aliphatic hydroxyl groups excluding tert-OH is 1. The second-order valence-electron chi connectivity index (χ2n) is 8.49. The summed E-state index contributed by atoms with van der Waals surface area (Å²) >= 11 is 0. The van der Waals surface area contributed by atoms with Crippen LogP contribution in [0.25, 0.3) is 0 Å². The number of fused-ring (bicyclic) bond motifs is 4. The number of nitrogens with zero attached hydrogens (tertiary/aromatic N) is 2. The minimum absolute atomic E-state index is 0.128. The lowest BCUT2D eigenvalue weighted by Gasteiger charge is -2.44. The van der Waals surface area contributed by atoms with Crippen molar-refractivity contribution in [2.75, 3.05) is 13.1 Å². The molecule has 0 radical (unpaired) electrons. The maximum atomic E-state index is 13.9. The third-order valence-electron chi connectivity index (χ3n) is 6.65. The van der Waals surface area contributed by atoms with E-state index in [0.29, 0.717) is 37.9 Å². The van der Waals surface area contributed by atoms with Crippen LogP contribution in [0, 0.1) is 17.5 Å². The molecule has 2 aliphatic heterocycles. The van der Waals surface area contributed by atoms with Gasteiger partial charge in [0.05, 0.1) is 11.6 Å². The topological polar surface area (TPSA) is 115 Å². The minimum Gasteiger partial charge on any atom is -0.503 e. The number of aromatic nitrogens is 1. The van der Waals surface area contributed by atoms with Gasteiger partial charge in [0.25, 0.3) is 5.91 Å². The summed E-state index contributed by atoms with van der Waals surface area (Å²) < 4.78 is 42.2. The lowest BCUT2D eigenvalue weighted by Crippen LogP contribution is -2.49. The summed E-state index contributed by atoms with van der Waals surface area (Å²) in [5.41, 5.74) is -3.53. The predicted octanol–water partition coefficient (Wildman–Crippen LogP) is 1.68.